The van der Waals surface area contributed by atoms with Gasteiger partial charge in [-0.3, -0.25) is 4.79 Å². The average molecular weight is 341 g/mol. The van der Waals surface area contributed by atoms with E-state index in [1.165, 1.54) is 4.90 Å². The van der Waals surface area contributed by atoms with Gasteiger partial charge in [-0.15, -0.1) is 0 Å². The largest absolute Gasteiger partial charge is 0.351 e. The van der Waals surface area contributed by atoms with Gasteiger partial charge in [0.2, 0.25) is 0 Å². The van der Waals surface area contributed by atoms with Gasteiger partial charge in [0.05, 0.1) is 5.69 Å². The second kappa shape index (κ2) is 6.58. The Morgan fingerprint density at radius 2 is 1.84 bits per heavy atom. The molecule has 1 unspecified atom stereocenters. The zero-order valence-corrected chi connectivity index (χ0v) is 14.7. The van der Waals surface area contributed by atoms with E-state index in [9.17, 15) is 9.59 Å². The Kier molecular flexibility index (Phi) is 4.48. The molecule has 0 radical (unpaired) electrons. The van der Waals surface area contributed by atoms with Crippen LogP contribution in [-0.2, 0) is 0 Å². The molecular weight excluding hydrogens is 318 g/mol. The molecule has 7 heteroatoms. The Morgan fingerprint density at radius 1 is 1.16 bits per heavy atom. The van der Waals surface area contributed by atoms with E-state index in [1.807, 2.05) is 32.9 Å². The van der Waals surface area contributed by atoms with Gasteiger partial charge in [0.15, 0.2) is 5.69 Å². The lowest BCUT2D eigenvalue weighted by Crippen LogP contribution is -2.40. The smallest absolute Gasteiger partial charge is 0.314 e. The van der Waals surface area contributed by atoms with Crippen LogP contribution in [0.15, 0.2) is 24.3 Å². The van der Waals surface area contributed by atoms with E-state index in [0.717, 1.165) is 22.5 Å². The standard InChI is InChI=1S/C18H23N5O2/c1-11-6-12(2)8-15(7-11)23-13(3)9-16(21-23)17(24)20-14-4-5-22(10-14)18(19)25/h6-9,14H,4-5,10H2,1-3H3,(H2,19,25)(H,20,24). The van der Waals surface area contributed by atoms with Gasteiger partial charge in [0.25, 0.3) is 5.91 Å². The molecule has 2 heterocycles. The number of aromatic nitrogens is 2. The van der Waals surface area contributed by atoms with E-state index in [4.69, 9.17) is 5.73 Å². The minimum absolute atomic E-state index is 0.0910. The van der Waals surface area contributed by atoms with Crippen molar-refractivity contribution < 1.29 is 9.59 Å². The van der Waals surface area contributed by atoms with E-state index in [0.29, 0.717) is 25.2 Å². The molecular formula is C18H23N5O2. The number of primary amides is 1. The number of nitrogens with one attached hydrogen (secondary N) is 1. The van der Waals surface area contributed by atoms with Crippen molar-refractivity contribution in [1.29, 1.82) is 0 Å². The molecule has 3 amide bonds. The molecule has 2 aromatic rings. The fraction of sp³-hybridized carbons (Fsp3) is 0.389. The summed E-state index contributed by atoms with van der Waals surface area (Å²) in [6, 6.07) is 7.40. The van der Waals surface area contributed by atoms with E-state index in [2.05, 4.69) is 16.5 Å². The zero-order valence-electron chi connectivity index (χ0n) is 14.7. The van der Waals surface area contributed by atoms with E-state index in [-0.39, 0.29) is 11.9 Å². The Balaban J connectivity index is 1.76. The maximum atomic E-state index is 12.5. The van der Waals surface area contributed by atoms with Crippen molar-refractivity contribution in [2.45, 2.75) is 33.2 Å². The first-order valence-corrected chi connectivity index (χ1v) is 8.34. The number of nitrogens with zero attached hydrogens (tertiary/aromatic N) is 3. The minimum Gasteiger partial charge on any atom is -0.351 e. The molecule has 3 N–H and O–H groups in total. The molecule has 1 fully saturated rings. The summed E-state index contributed by atoms with van der Waals surface area (Å²) in [5, 5.41) is 7.39. The maximum Gasteiger partial charge on any atom is 0.314 e. The van der Waals surface area contributed by atoms with Gasteiger partial charge < -0.3 is 16.0 Å². The highest BCUT2D eigenvalue weighted by Crippen LogP contribution is 2.17. The van der Waals surface area contributed by atoms with Crippen molar-refractivity contribution in [2.75, 3.05) is 13.1 Å². The number of carbonyl (C=O) groups is 2. The predicted octanol–water partition coefficient (Wildman–Crippen LogP) is 1.68. The third-order valence-electron chi connectivity index (χ3n) is 4.41. The third-order valence-corrected chi connectivity index (χ3v) is 4.41. The van der Waals surface area contributed by atoms with Gasteiger partial charge in [0.1, 0.15) is 0 Å². The summed E-state index contributed by atoms with van der Waals surface area (Å²) >= 11 is 0. The highest BCUT2D eigenvalue weighted by Gasteiger charge is 2.27. The molecule has 7 nitrogen and oxygen atoms in total. The molecule has 25 heavy (non-hydrogen) atoms. The second-order valence-electron chi connectivity index (χ2n) is 6.67. The van der Waals surface area contributed by atoms with Crippen LogP contribution in [0.5, 0.6) is 0 Å². The lowest BCUT2D eigenvalue weighted by molar-refractivity contribution is 0.0932. The van der Waals surface area contributed by atoms with Gasteiger partial charge in [-0.1, -0.05) is 6.07 Å². The number of aryl methyl sites for hydroxylation is 3. The van der Waals surface area contributed by atoms with Crippen LogP contribution in [-0.4, -0.2) is 45.8 Å². The van der Waals surface area contributed by atoms with Gasteiger partial charge in [0, 0.05) is 24.8 Å². The lowest BCUT2D eigenvalue weighted by atomic mass is 10.1. The normalized spacial score (nSPS) is 16.9. The molecule has 0 saturated carbocycles. The molecule has 0 aliphatic carbocycles. The van der Waals surface area contributed by atoms with E-state index in [1.54, 1.807) is 10.7 Å². The maximum absolute atomic E-state index is 12.5. The van der Waals surface area contributed by atoms with Crippen molar-refractivity contribution in [3.63, 3.8) is 0 Å². The SMILES string of the molecule is Cc1cc(C)cc(-n2nc(C(=O)NC3CCN(C(N)=O)C3)cc2C)c1. The van der Waals surface area contributed by atoms with Crippen LogP contribution in [0.2, 0.25) is 0 Å². The van der Waals surface area contributed by atoms with Crippen LogP contribution >= 0.6 is 0 Å². The topological polar surface area (TPSA) is 93.2 Å². The number of carbonyl (C=O) groups excluding carboxylic acids is 2. The number of rotatable bonds is 3. The van der Waals surface area contributed by atoms with Crippen LogP contribution in [0.4, 0.5) is 4.79 Å². The number of hydrogen-bond acceptors (Lipinski definition) is 3. The predicted molar refractivity (Wildman–Crippen MR) is 94.8 cm³/mol. The molecule has 1 atom stereocenters. The van der Waals surface area contributed by atoms with Gasteiger partial charge in [-0.2, -0.15) is 5.10 Å². The monoisotopic (exact) mass is 341 g/mol. The first-order chi connectivity index (χ1) is 11.8. The number of benzene rings is 1. The number of nitrogens with two attached hydrogens (primary N) is 1. The Hall–Kier alpha value is -2.83. The Morgan fingerprint density at radius 3 is 2.44 bits per heavy atom. The number of amides is 3. The second-order valence-corrected chi connectivity index (χ2v) is 6.67. The summed E-state index contributed by atoms with van der Waals surface area (Å²) in [5.74, 6) is -0.234. The molecule has 1 aromatic carbocycles. The summed E-state index contributed by atoms with van der Waals surface area (Å²) in [5.41, 5.74) is 9.76. The van der Waals surface area contributed by atoms with Gasteiger partial charge in [-0.25, -0.2) is 9.48 Å². The fourth-order valence-corrected chi connectivity index (χ4v) is 3.26. The summed E-state index contributed by atoms with van der Waals surface area (Å²) in [6.45, 7) is 7.00. The summed E-state index contributed by atoms with van der Waals surface area (Å²) in [6.07, 6.45) is 0.700. The molecule has 0 spiro atoms. The molecule has 1 aliphatic heterocycles. The highest BCUT2D eigenvalue weighted by atomic mass is 16.2. The first-order valence-electron chi connectivity index (χ1n) is 8.34. The summed E-state index contributed by atoms with van der Waals surface area (Å²) in [4.78, 5) is 25.2. The van der Waals surface area contributed by atoms with Crippen LogP contribution in [0, 0.1) is 20.8 Å². The van der Waals surface area contributed by atoms with Crippen molar-refractivity contribution in [3.05, 3.63) is 46.8 Å². The number of likely N-dealkylation sites (tertiary alicyclic amines) is 1. The zero-order chi connectivity index (χ0) is 18.1. The van der Waals surface area contributed by atoms with Crippen LogP contribution in [0.1, 0.15) is 33.7 Å². The van der Waals surface area contributed by atoms with Crippen LogP contribution in [0.25, 0.3) is 5.69 Å². The molecule has 1 saturated heterocycles. The van der Waals surface area contributed by atoms with Crippen molar-refractivity contribution in [2.24, 2.45) is 5.73 Å². The van der Waals surface area contributed by atoms with E-state index < -0.39 is 6.03 Å². The average Bonchev–Trinajstić information content (AvgIpc) is 3.13. The highest BCUT2D eigenvalue weighted by molar-refractivity contribution is 5.92. The number of urea groups is 1. The quantitative estimate of drug-likeness (QED) is 0.889. The molecule has 3 rings (SSSR count). The molecule has 0 bridgehead atoms. The number of hydrogen-bond donors (Lipinski definition) is 2. The van der Waals surface area contributed by atoms with Crippen molar-refractivity contribution >= 4 is 11.9 Å². The van der Waals surface area contributed by atoms with Crippen molar-refractivity contribution in [1.82, 2.24) is 20.0 Å². The molecule has 132 valence electrons. The lowest BCUT2D eigenvalue weighted by Gasteiger charge is -2.14. The Labute approximate surface area is 146 Å². The van der Waals surface area contributed by atoms with Crippen LogP contribution in [0.3, 0.4) is 0 Å². The van der Waals surface area contributed by atoms with E-state index >= 15 is 0 Å². The van der Waals surface area contributed by atoms with Gasteiger partial charge in [-0.05, 0) is 56.5 Å². The first kappa shape index (κ1) is 17.0. The van der Waals surface area contributed by atoms with Crippen LogP contribution < -0.4 is 11.1 Å². The molecule has 1 aliphatic rings. The Bertz CT molecular complexity index is 807. The minimum atomic E-state index is -0.452. The third kappa shape index (κ3) is 3.65. The summed E-state index contributed by atoms with van der Waals surface area (Å²) < 4.78 is 1.78. The molecule has 1 aromatic heterocycles. The summed E-state index contributed by atoms with van der Waals surface area (Å²) in [7, 11) is 0. The fourth-order valence-electron chi connectivity index (χ4n) is 3.26. The van der Waals surface area contributed by atoms with Gasteiger partial charge >= 0.3 is 6.03 Å². The van der Waals surface area contributed by atoms with Crippen molar-refractivity contribution in [3.8, 4) is 5.69 Å².